The molecule has 1 rings (SSSR count). The largest absolute Gasteiger partial charge is 0.573 e. The minimum Gasteiger partial charge on any atom is -0.466 e. The highest BCUT2D eigenvalue weighted by molar-refractivity contribution is 5.72. The van der Waals surface area contributed by atoms with Crippen LogP contribution in [-0.2, 0) is 16.0 Å². The maximum atomic E-state index is 12.3. The van der Waals surface area contributed by atoms with Crippen molar-refractivity contribution in [1.29, 1.82) is 0 Å². The van der Waals surface area contributed by atoms with Crippen molar-refractivity contribution in [2.24, 2.45) is 0 Å². The second-order valence-electron chi connectivity index (χ2n) is 3.83. The molecule has 0 saturated carbocycles. The number of halogens is 3. The second-order valence-corrected chi connectivity index (χ2v) is 3.83. The van der Waals surface area contributed by atoms with E-state index in [-0.39, 0.29) is 18.0 Å². The van der Waals surface area contributed by atoms with Gasteiger partial charge in [-0.05, 0) is 13.8 Å². The molecular weight excluding hydrogens is 297 g/mol. The van der Waals surface area contributed by atoms with Crippen molar-refractivity contribution in [1.82, 2.24) is 4.98 Å². The summed E-state index contributed by atoms with van der Waals surface area (Å²) in [4.78, 5) is 24.8. The molecule has 0 saturated heterocycles. The fourth-order valence-corrected chi connectivity index (χ4v) is 1.57. The number of rotatable bonds is 5. The van der Waals surface area contributed by atoms with E-state index in [1.165, 1.54) is 0 Å². The summed E-state index contributed by atoms with van der Waals surface area (Å²) in [5.74, 6) is -1.73. The third-order valence-corrected chi connectivity index (χ3v) is 2.22. The summed E-state index contributed by atoms with van der Waals surface area (Å²) < 4.78 is 45.1. The molecule has 0 aromatic carbocycles. The van der Waals surface area contributed by atoms with E-state index < -0.39 is 35.1 Å². The summed E-state index contributed by atoms with van der Waals surface area (Å²) >= 11 is 0. The van der Waals surface area contributed by atoms with Gasteiger partial charge in [-0.25, -0.2) is 0 Å². The normalized spacial score (nSPS) is 11.1. The first-order chi connectivity index (χ1) is 9.64. The van der Waals surface area contributed by atoms with E-state index >= 15 is 0 Å². The highest BCUT2D eigenvalue weighted by Crippen LogP contribution is 2.34. The molecule has 1 aromatic heterocycles. The number of ether oxygens (including phenoxy) is 2. The van der Waals surface area contributed by atoms with Crippen molar-refractivity contribution >= 4 is 11.7 Å². The molecule has 10 heteroatoms. The lowest BCUT2D eigenvalue weighted by molar-refractivity contribution is -0.389. The number of nitro groups is 1. The highest BCUT2D eigenvalue weighted by atomic mass is 19.4. The molecule has 0 spiro atoms. The fourth-order valence-electron chi connectivity index (χ4n) is 1.57. The number of aryl methyl sites for hydroxylation is 1. The summed E-state index contributed by atoms with van der Waals surface area (Å²) in [5, 5.41) is 10.8. The van der Waals surface area contributed by atoms with Gasteiger partial charge in [0.15, 0.2) is 0 Å². The summed E-state index contributed by atoms with van der Waals surface area (Å²) in [6, 6.07) is 0.704. The predicted octanol–water partition coefficient (Wildman–Crippen LogP) is 2.30. The molecule has 0 fully saturated rings. The Hall–Kier alpha value is -2.39. The maximum absolute atomic E-state index is 12.3. The van der Waals surface area contributed by atoms with Crippen molar-refractivity contribution in [2.45, 2.75) is 26.6 Å². The van der Waals surface area contributed by atoms with E-state index in [1.807, 2.05) is 0 Å². The number of hydrogen-bond acceptors (Lipinski definition) is 6. The van der Waals surface area contributed by atoms with Crippen molar-refractivity contribution < 1.29 is 32.4 Å². The Morgan fingerprint density at radius 1 is 1.48 bits per heavy atom. The van der Waals surface area contributed by atoms with Crippen LogP contribution in [0.25, 0.3) is 0 Å². The molecule has 7 nitrogen and oxygen atoms in total. The van der Waals surface area contributed by atoms with Gasteiger partial charge >= 0.3 is 18.0 Å². The van der Waals surface area contributed by atoms with Crippen LogP contribution in [-0.4, -0.2) is 28.8 Å². The molecule has 21 heavy (non-hydrogen) atoms. The van der Waals surface area contributed by atoms with Gasteiger partial charge in [0.25, 0.3) is 0 Å². The Balaban J connectivity index is 3.20. The van der Waals surface area contributed by atoms with Gasteiger partial charge in [0, 0.05) is 6.07 Å². The van der Waals surface area contributed by atoms with Crippen LogP contribution in [0.2, 0.25) is 0 Å². The molecule has 0 bridgehead atoms. The minimum atomic E-state index is -5.10. The van der Waals surface area contributed by atoms with Gasteiger partial charge in [-0.15, -0.1) is 13.2 Å². The first kappa shape index (κ1) is 16.7. The Morgan fingerprint density at radius 2 is 2.10 bits per heavy atom. The summed E-state index contributed by atoms with van der Waals surface area (Å²) in [6.45, 7) is 2.80. The summed E-state index contributed by atoms with van der Waals surface area (Å²) in [7, 11) is 0. The number of aromatic nitrogens is 1. The standard InChI is InChI=1S/C11H11F3N2O5/c1-3-20-9(17)5-7-4-8(21-11(12,13)14)10(16(18)19)6(2)15-7/h4H,3,5H2,1-2H3. The molecule has 0 atom stereocenters. The molecule has 0 aliphatic heterocycles. The second kappa shape index (κ2) is 6.37. The third-order valence-electron chi connectivity index (χ3n) is 2.22. The van der Waals surface area contributed by atoms with Crippen LogP contribution >= 0.6 is 0 Å². The minimum absolute atomic E-state index is 0.0940. The quantitative estimate of drug-likeness (QED) is 0.471. The maximum Gasteiger partial charge on any atom is 0.573 e. The van der Waals surface area contributed by atoms with Gasteiger partial charge in [-0.2, -0.15) is 0 Å². The van der Waals surface area contributed by atoms with Gasteiger partial charge < -0.3 is 9.47 Å². The Kier molecular flexibility index (Phi) is 5.06. The molecule has 0 amide bonds. The zero-order chi connectivity index (χ0) is 16.2. The average molecular weight is 308 g/mol. The van der Waals surface area contributed by atoms with Crippen molar-refractivity contribution in [3.8, 4) is 5.75 Å². The van der Waals surface area contributed by atoms with Crippen LogP contribution in [0.4, 0.5) is 18.9 Å². The molecule has 0 N–H and O–H groups in total. The van der Waals surface area contributed by atoms with E-state index in [0.29, 0.717) is 6.07 Å². The molecule has 0 aliphatic carbocycles. The van der Waals surface area contributed by atoms with Gasteiger partial charge in [-0.1, -0.05) is 0 Å². The van der Waals surface area contributed by atoms with Crippen LogP contribution in [0, 0.1) is 17.0 Å². The van der Waals surface area contributed by atoms with Crippen molar-refractivity contribution in [3.05, 3.63) is 27.6 Å². The smallest absolute Gasteiger partial charge is 0.466 e. The topological polar surface area (TPSA) is 91.6 Å². The van der Waals surface area contributed by atoms with Gasteiger partial charge in [-0.3, -0.25) is 19.9 Å². The Bertz CT molecular complexity index is 560. The van der Waals surface area contributed by atoms with E-state index in [4.69, 9.17) is 0 Å². The Morgan fingerprint density at radius 3 is 2.57 bits per heavy atom. The number of nitrogens with zero attached hydrogens (tertiary/aromatic N) is 2. The number of carbonyl (C=O) groups excluding carboxylic acids is 1. The highest BCUT2D eigenvalue weighted by Gasteiger charge is 2.36. The van der Waals surface area contributed by atoms with Crippen molar-refractivity contribution in [2.75, 3.05) is 6.61 Å². The summed E-state index contributed by atoms with van der Waals surface area (Å²) in [6.07, 6.45) is -5.51. The average Bonchev–Trinajstić information content (AvgIpc) is 2.24. The van der Waals surface area contributed by atoms with E-state index in [0.717, 1.165) is 6.92 Å². The molecule has 1 aromatic rings. The molecule has 1 heterocycles. The van der Waals surface area contributed by atoms with Crippen LogP contribution < -0.4 is 4.74 Å². The van der Waals surface area contributed by atoms with Crippen LogP contribution in [0.3, 0.4) is 0 Å². The zero-order valence-corrected chi connectivity index (χ0v) is 11.1. The number of alkyl halides is 3. The SMILES string of the molecule is CCOC(=O)Cc1cc(OC(F)(F)F)c([N+](=O)[O-])c(C)n1. The van der Waals surface area contributed by atoms with Gasteiger partial charge in [0.05, 0.1) is 23.6 Å². The first-order valence-electron chi connectivity index (χ1n) is 5.70. The van der Waals surface area contributed by atoms with Crippen molar-refractivity contribution in [3.63, 3.8) is 0 Å². The summed E-state index contributed by atoms with van der Waals surface area (Å²) in [5.41, 5.74) is -1.31. The van der Waals surface area contributed by atoms with Crippen LogP contribution in [0.5, 0.6) is 5.75 Å². The van der Waals surface area contributed by atoms with Crippen LogP contribution in [0.15, 0.2) is 6.07 Å². The fraction of sp³-hybridized carbons (Fsp3) is 0.455. The lowest BCUT2D eigenvalue weighted by Gasteiger charge is -2.11. The molecule has 0 aliphatic rings. The third kappa shape index (κ3) is 4.89. The number of hydrogen-bond donors (Lipinski definition) is 0. The monoisotopic (exact) mass is 308 g/mol. The lowest BCUT2D eigenvalue weighted by atomic mass is 10.2. The number of carbonyl (C=O) groups is 1. The van der Waals surface area contributed by atoms with Gasteiger partial charge in [0.2, 0.25) is 5.75 Å². The zero-order valence-electron chi connectivity index (χ0n) is 11.1. The van der Waals surface area contributed by atoms with E-state index in [1.54, 1.807) is 6.92 Å². The molecule has 0 unspecified atom stereocenters. The molecule has 0 radical (unpaired) electrons. The number of esters is 1. The molecule has 116 valence electrons. The predicted molar refractivity (Wildman–Crippen MR) is 62.6 cm³/mol. The first-order valence-corrected chi connectivity index (χ1v) is 5.70. The van der Waals surface area contributed by atoms with Gasteiger partial charge in [0.1, 0.15) is 5.69 Å². The molecular formula is C11H11F3N2O5. The Labute approximate surface area is 116 Å². The number of pyridine rings is 1. The lowest BCUT2D eigenvalue weighted by Crippen LogP contribution is -2.19. The van der Waals surface area contributed by atoms with E-state index in [2.05, 4.69) is 14.5 Å². The van der Waals surface area contributed by atoms with Crippen LogP contribution in [0.1, 0.15) is 18.3 Å². The van der Waals surface area contributed by atoms with E-state index in [9.17, 15) is 28.1 Å².